The van der Waals surface area contributed by atoms with E-state index in [0.29, 0.717) is 12.2 Å². The lowest BCUT2D eigenvalue weighted by molar-refractivity contribution is -0.132. The largest absolute Gasteiger partial charge is 0.306 e. The molecule has 3 aliphatic rings. The minimum Gasteiger partial charge on any atom is -0.306 e. The fraction of sp³-hybridized carbons (Fsp3) is 0.222. The van der Waals surface area contributed by atoms with Crippen LogP contribution in [0.4, 0.5) is 11.4 Å². The molecule has 3 aliphatic heterocycles. The van der Waals surface area contributed by atoms with Crippen LogP contribution in [-0.2, 0) is 26.5 Å². The Balaban J connectivity index is 1.48. The summed E-state index contributed by atoms with van der Waals surface area (Å²) in [6.07, 6.45) is 0. The molecule has 1 N–H and O–H groups in total. The van der Waals surface area contributed by atoms with Gasteiger partial charge in [-0.15, -0.1) is 0 Å². The van der Waals surface area contributed by atoms with Gasteiger partial charge >= 0.3 is 0 Å². The number of imide groups is 1. The normalized spacial score (nSPS) is 28.0. The van der Waals surface area contributed by atoms with Gasteiger partial charge in [0.15, 0.2) is 0 Å². The Kier molecular flexibility index (Phi) is 4.29. The number of nitrogens with zero attached hydrogens (tertiary/aromatic N) is 2. The molecule has 4 atom stereocenters. The van der Waals surface area contributed by atoms with Crippen LogP contribution in [0.5, 0.6) is 0 Å². The summed E-state index contributed by atoms with van der Waals surface area (Å²) in [5.74, 6) is -2.15. The highest BCUT2D eigenvalue weighted by molar-refractivity contribution is 6.26. The van der Waals surface area contributed by atoms with Crippen molar-refractivity contribution in [1.29, 1.82) is 0 Å². The molecule has 3 aromatic carbocycles. The summed E-state index contributed by atoms with van der Waals surface area (Å²) in [7, 11) is 0. The van der Waals surface area contributed by atoms with Crippen molar-refractivity contribution >= 4 is 29.1 Å². The van der Waals surface area contributed by atoms with Gasteiger partial charge in [-0.1, -0.05) is 66.7 Å². The summed E-state index contributed by atoms with van der Waals surface area (Å²) < 4.78 is 0. The smallest absolute Gasteiger partial charge is 0.253 e. The first-order valence-corrected chi connectivity index (χ1v) is 11.2. The van der Waals surface area contributed by atoms with Crippen LogP contribution in [-0.4, -0.2) is 23.8 Å². The molecule has 0 radical (unpaired) electrons. The number of rotatable bonds is 3. The second-order valence-corrected chi connectivity index (χ2v) is 8.99. The predicted molar refractivity (Wildman–Crippen MR) is 124 cm³/mol. The lowest BCUT2D eigenvalue weighted by Gasteiger charge is -2.30. The fourth-order valence-corrected chi connectivity index (χ4v) is 5.86. The van der Waals surface area contributed by atoms with Gasteiger partial charge in [0.25, 0.3) is 5.91 Å². The van der Waals surface area contributed by atoms with Crippen molar-refractivity contribution in [2.24, 2.45) is 11.8 Å². The van der Waals surface area contributed by atoms with Crippen LogP contribution in [0.2, 0.25) is 0 Å². The molecule has 6 nitrogen and oxygen atoms in total. The van der Waals surface area contributed by atoms with Crippen molar-refractivity contribution < 1.29 is 14.4 Å². The van der Waals surface area contributed by atoms with Gasteiger partial charge in [0.1, 0.15) is 5.54 Å². The third-order valence-corrected chi connectivity index (χ3v) is 7.21. The van der Waals surface area contributed by atoms with Crippen LogP contribution in [0, 0.1) is 11.8 Å². The molecule has 0 unspecified atom stereocenters. The van der Waals surface area contributed by atoms with Crippen LogP contribution in [0.15, 0.2) is 84.9 Å². The first-order chi connectivity index (χ1) is 16.0. The van der Waals surface area contributed by atoms with E-state index >= 15 is 0 Å². The minimum absolute atomic E-state index is 0.178. The van der Waals surface area contributed by atoms with Crippen LogP contribution >= 0.6 is 0 Å². The number of hydrogen-bond acceptors (Lipinski definition) is 4. The van der Waals surface area contributed by atoms with E-state index in [-0.39, 0.29) is 23.8 Å². The van der Waals surface area contributed by atoms with Crippen LogP contribution in [0.25, 0.3) is 0 Å². The second kappa shape index (κ2) is 7.12. The number of benzene rings is 3. The molecule has 0 aromatic heterocycles. The molecule has 3 amide bonds. The molecule has 33 heavy (non-hydrogen) atoms. The molecule has 1 spiro atoms. The first kappa shape index (κ1) is 19.9. The van der Waals surface area contributed by atoms with E-state index in [1.807, 2.05) is 67.6 Å². The molecule has 6 heteroatoms. The first-order valence-electron chi connectivity index (χ1n) is 11.2. The molecule has 3 aromatic rings. The average molecular weight is 437 g/mol. The maximum atomic E-state index is 14.2. The van der Waals surface area contributed by atoms with Gasteiger partial charge in [0.2, 0.25) is 11.8 Å². The maximum absolute atomic E-state index is 14.2. The van der Waals surface area contributed by atoms with Gasteiger partial charge in [-0.2, -0.15) is 0 Å². The van der Waals surface area contributed by atoms with E-state index < -0.39 is 17.4 Å². The molecule has 2 fully saturated rings. The number of anilines is 2. The van der Waals surface area contributed by atoms with Gasteiger partial charge in [-0.25, -0.2) is 4.90 Å². The highest BCUT2D eigenvalue weighted by Crippen LogP contribution is 2.55. The van der Waals surface area contributed by atoms with Crippen molar-refractivity contribution in [1.82, 2.24) is 5.32 Å². The van der Waals surface area contributed by atoms with Crippen molar-refractivity contribution in [3.8, 4) is 0 Å². The van der Waals surface area contributed by atoms with Crippen LogP contribution in [0.1, 0.15) is 18.1 Å². The Labute approximate surface area is 191 Å². The van der Waals surface area contributed by atoms with E-state index in [1.165, 1.54) is 4.90 Å². The Hall–Kier alpha value is -3.77. The molecular weight excluding hydrogens is 414 g/mol. The van der Waals surface area contributed by atoms with Crippen molar-refractivity contribution in [2.75, 3.05) is 9.80 Å². The SMILES string of the molecule is C[C@H]1N[C@]2(C(=O)N(Cc3ccccc3)c3ccccc32)[C@@H]2C(=O)N(c3ccccc3)C(=O)[C@H]21. The third-order valence-electron chi connectivity index (χ3n) is 7.21. The number of amides is 3. The van der Waals surface area contributed by atoms with Crippen LogP contribution < -0.4 is 15.1 Å². The number of hydrogen-bond donors (Lipinski definition) is 1. The van der Waals surface area contributed by atoms with Gasteiger partial charge in [0.05, 0.1) is 24.1 Å². The summed E-state index contributed by atoms with van der Waals surface area (Å²) in [6.45, 7) is 2.29. The van der Waals surface area contributed by atoms with E-state index in [2.05, 4.69) is 5.32 Å². The highest BCUT2D eigenvalue weighted by Gasteiger charge is 2.71. The predicted octanol–water partition coefficient (Wildman–Crippen LogP) is 3.23. The summed E-state index contributed by atoms with van der Waals surface area (Å²) >= 11 is 0. The molecular formula is C27H23N3O3. The summed E-state index contributed by atoms with van der Waals surface area (Å²) in [5.41, 5.74) is 1.83. The van der Waals surface area contributed by atoms with E-state index in [0.717, 1.165) is 16.8 Å². The molecule has 6 rings (SSSR count). The quantitative estimate of drug-likeness (QED) is 0.639. The topological polar surface area (TPSA) is 69.7 Å². The molecule has 164 valence electrons. The Morgan fingerprint density at radius 2 is 1.45 bits per heavy atom. The highest BCUT2D eigenvalue weighted by atomic mass is 16.2. The number of carbonyl (C=O) groups excluding carboxylic acids is 3. The summed E-state index contributed by atoms with van der Waals surface area (Å²) in [4.78, 5) is 44.5. The molecule has 2 saturated heterocycles. The van der Waals surface area contributed by atoms with Gasteiger partial charge in [-0.05, 0) is 30.7 Å². The maximum Gasteiger partial charge on any atom is 0.253 e. The van der Waals surface area contributed by atoms with E-state index in [9.17, 15) is 14.4 Å². The summed E-state index contributed by atoms with van der Waals surface area (Å²) in [5, 5.41) is 3.43. The molecule has 3 heterocycles. The van der Waals surface area contributed by atoms with Gasteiger partial charge in [0, 0.05) is 17.3 Å². The second-order valence-electron chi connectivity index (χ2n) is 8.99. The van der Waals surface area contributed by atoms with Crippen LogP contribution in [0.3, 0.4) is 0 Å². The monoisotopic (exact) mass is 437 g/mol. The van der Waals surface area contributed by atoms with E-state index in [4.69, 9.17) is 0 Å². The molecule has 0 bridgehead atoms. The number of nitrogens with one attached hydrogen (secondary N) is 1. The Morgan fingerprint density at radius 1 is 0.818 bits per heavy atom. The number of fused-ring (bicyclic) bond motifs is 4. The molecule has 0 saturated carbocycles. The average Bonchev–Trinajstić information content (AvgIpc) is 3.39. The zero-order valence-electron chi connectivity index (χ0n) is 18.1. The lowest BCUT2D eigenvalue weighted by Crippen LogP contribution is -2.54. The number of para-hydroxylation sites is 2. The zero-order chi connectivity index (χ0) is 22.7. The van der Waals surface area contributed by atoms with Crippen molar-refractivity contribution in [2.45, 2.75) is 25.0 Å². The van der Waals surface area contributed by atoms with E-state index in [1.54, 1.807) is 29.2 Å². The lowest BCUT2D eigenvalue weighted by atomic mass is 9.76. The van der Waals surface area contributed by atoms with Crippen molar-refractivity contribution in [3.05, 3.63) is 96.1 Å². The van der Waals surface area contributed by atoms with Gasteiger partial charge in [-0.3, -0.25) is 19.7 Å². The number of carbonyl (C=O) groups is 3. The zero-order valence-corrected chi connectivity index (χ0v) is 18.1. The minimum atomic E-state index is -1.26. The van der Waals surface area contributed by atoms with Crippen molar-refractivity contribution in [3.63, 3.8) is 0 Å². The summed E-state index contributed by atoms with van der Waals surface area (Å²) in [6, 6.07) is 26.0. The third kappa shape index (κ3) is 2.61. The Morgan fingerprint density at radius 3 is 2.18 bits per heavy atom. The molecule has 0 aliphatic carbocycles. The fourth-order valence-electron chi connectivity index (χ4n) is 5.86. The van der Waals surface area contributed by atoms with Gasteiger partial charge < -0.3 is 4.90 Å². The Bertz CT molecular complexity index is 1280. The standard InChI is InChI=1S/C27H23N3O3/c1-17-22-23(25(32)30(24(22)31)19-12-6-3-7-13-19)27(28-17)20-14-8-9-15-21(20)29(26(27)33)16-18-10-4-2-5-11-18/h2-15,17,22-23,28H,16H2,1H3/t17-,22+,23+,27+/m1/s1.